The van der Waals surface area contributed by atoms with Crippen molar-refractivity contribution in [1.29, 1.82) is 0 Å². The maximum atomic E-state index is 13.0. The van der Waals surface area contributed by atoms with E-state index in [9.17, 15) is 14.7 Å². The minimum absolute atomic E-state index is 0.0742. The number of aryl methyl sites for hydroxylation is 1. The van der Waals surface area contributed by atoms with Gasteiger partial charge in [-0.3, -0.25) is 21.3 Å². The number of hydrogen-bond acceptors (Lipinski definition) is 4. The molecule has 0 bridgehead atoms. The van der Waals surface area contributed by atoms with E-state index in [1.165, 1.54) is 11.3 Å². The Morgan fingerprint density at radius 2 is 1.64 bits per heavy atom. The fraction of sp³-hybridized carbons (Fsp3) is 0.250. The van der Waals surface area contributed by atoms with Crippen LogP contribution < -0.4 is 21.8 Å². The molecule has 1 atom stereocenters. The molecule has 9 heteroatoms. The number of thiazole rings is 1. The Kier molecular flexibility index (Phi) is 8.15. The molecule has 0 spiro atoms. The van der Waals surface area contributed by atoms with Crippen molar-refractivity contribution in [2.75, 3.05) is 6.54 Å². The van der Waals surface area contributed by atoms with Crippen LogP contribution in [0.2, 0.25) is 0 Å². The van der Waals surface area contributed by atoms with E-state index in [1.807, 2.05) is 60.7 Å². The average molecular weight is 467 g/mol. The second-order valence-corrected chi connectivity index (χ2v) is 8.64. The number of carboxylic acid groups (broad SMARTS) is 1. The first kappa shape index (κ1) is 23.9. The summed E-state index contributed by atoms with van der Waals surface area (Å²) in [5, 5.41) is 12.9. The van der Waals surface area contributed by atoms with Gasteiger partial charge >= 0.3 is 11.9 Å². The largest absolute Gasteiger partial charge is 0.480 e. The highest BCUT2D eigenvalue weighted by atomic mass is 32.1. The number of guanidine groups is 1. The summed E-state index contributed by atoms with van der Waals surface area (Å²) in [7, 11) is 0. The molecule has 3 aromatic rings. The van der Waals surface area contributed by atoms with Gasteiger partial charge in [0.05, 0.1) is 18.2 Å². The van der Waals surface area contributed by atoms with Crippen LogP contribution in [0.4, 0.5) is 0 Å². The van der Waals surface area contributed by atoms with Gasteiger partial charge in [0.25, 0.3) is 5.91 Å². The third kappa shape index (κ3) is 6.39. The lowest BCUT2D eigenvalue weighted by Crippen LogP contribution is -2.78. The van der Waals surface area contributed by atoms with Crippen molar-refractivity contribution in [3.63, 3.8) is 0 Å². The molecule has 3 rings (SSSR count). The lowest BCUT2D eigenvalue weighted by molar-refractivity contribution is -0.459. The van der Waals surface area contributed by atoms with Gasteiger partial charge in [0.2, 0.25) is 0 Å². The van der Waals surface area contributed by atoms with Gasteiger partial charge in [-0.15, -0.1) is 11.3 Å². The summed E-state index contributed by atoms with van der Waals surface area (Å²) in [5.74, 6) is -1.59. The van der Waals surface area contributed by atoms with Gasteiger partial charge in [-0.2, -0.15) is 0 Å². The number of carbonyl (C=O) groups excluding carboxylic acids is 1. The number of carboxylic acids is 1. The Balaban J connectivity index is 1.83. The standard InChI is InChI=1S/C24H27N5O3S/c1-15-20(21(30)29-18(23(31)32)13-8-14-27-24(25)26)33-22(28-15)19(16-9-4-2-5-10-16)17-11-6-3-7-12-17/h2-7,9-12,18-19H,8,13-14H2,1H3,(H,29,30)(H,31,32)(H4,25,26,27)/p+1/t18-/m0/s1. The van der Waals surface area contributed by atoms with E-state index in [0.29, 0.717) is 23.5 Å². The summed E-state index contributed by atoms with van der Waals surface area (Å²) in [4.78, 5) is 32.5. The molecule has 0 saturated heterocycles. The number of nitrogens with one attached hydrogen (secondary N) is 2. The fourth-order valence-electron chi connectivity index (χ4n) is 3.54. The first-order chi connectivity index (χ1) is 15.9. The van der Waals surface area contributed by atoms with Crippen LogP contribution >= 0.6 is 11.3 Å². The summed E-state index contributed by atoms with van der Waals surface area (Å²) in [6.07, 6.45) is 0.717. The summed E-state index contributed by atoms with van der Waals surface area (Å²) in [6, 6.07) is 18.9. The second-order valence-electron chi connectivity index (χ2n) is 7.61. The van der Waals surface area contributed by atoms with Crippen LogP contribution in [0.3, 0.4) is 0 Å². The molecular weight excluding hydrogens is 438 g/mol. The maximum absolute atomic E-state index is 13.0. The quantitative estimate of drug-likeness (QED) is 0.171. The number of nitrogens with two attached hydrogens (primary N) is 2. The van der Waals surface area contributed by atoms with E-state index in [0.717, 1.165) is 16.1 Å². The van der Waals surface area contributed by atoms with Crippen molar-refractivity contribution in [1.82, 2.24) is 10.3 Å². The molecule has 7 N–H and O–H groups in total. The molecule has 1 amide bonds. The third-order valence-electron chi connectivity index (χ3n) is 5.13. The van der Waals surface area contributed by atoms with Crippen LogP contribution in [0.25, 0.3) is 0 Å². The number of hydrogen-bond donors (Lipinski definition) is 5. The van der Waals surface area contributed by atoms with Gasteiger partial charge in [0.1, 0.15) is 15.9 Å². The lowest BCUT2D eigenvalue weighted by Gasteiger charge is -2.15. The number of benzene rings is 2. The summed E-state index contributed by atoms with van der Waals surface area (Å²) < 4.78 is 0. The average Bonchev–Trinajstić information content (AvgIpc) is 3.18. The van der Waals surface area contributed by atoms with Crippen LogP contribution in [0.1, 0.15) is 50.3 Å². The smallest absolute Gasteiger partial charge is 0.338 e. The van der Waals surface area contributed by atoms with Crippen LogP contribution in [0.5, 0.6) is 0 Å². The summed E-state index contributed by atoms with van der Waals surface area (Å²) >= 11 is 1.29. The molecule has 2 aromatic carbocycles. The Labute approximate surface area is 196 Å². The molecule has 0 radical (unpaired) electrons. The highest BCUT2D eigenvalue weighted by Gasteiger charge is 2.26. The van der Waals surface area contributed by atoms with Crippen molar-refractivity contribution in [2.24, 2.45) is 11.5 Å². The molecule has 0 saturated carbocycles. The molecule has 172 valence electrons. The van der Waals surface area contributed by atoms with Crippen LogP contribution in [-0.4, -0.2) is 40.5 Å². The third-order valence-corrected chi connectivity index (χ3v) is 6.36. The number of nitrogens with zero attached hydrogens (tertiary/aromatic N) is 1. The molecule has 1 heterocycles. The van der Waals surface area contributed by atoms with Crippen LogP contribution in [0.15, 0.2) is 60.7 Å². The predicted octanol–water partition coefficient (Wildman–Crippen LogP) is 0.949. The fourth-order valence-corrected chi connectivity index (χ4v) is 4.67. The Bertz CT molecular complexity index is 1070. The van der Waals surface area contributed by atoms with Gasteiger partial charge in [0.15, 0.2) is 0 Å². The van der Waals surface area contributed by atoms with Gasteiger partial charge in [-0.1, -0.05) is 60.7 Å². The Hall–Kier alpha value is -3.72. The van der Waals surface area contributed by atoms with Crippen LogP contribution in [0, 0.1) is 6.92 Å². The molecule has 0 aliphatic rings. The monoisotopic (exact) mass is 466 g/mol. The summed E-state index contributed by atoms with van der Waals surface area (Å²) in [5.41, 5.74) is 13.4. The number of amides is 1. The first-order valence-electron chi connectivity index (χ1n) is 10.6. The normalized spacial score (nSPS) is 11.7. The van der Waals surface area contributed by atoms with Crippen molar-refractivity contribution >= 4 is 29.2 Å². The summed E-state index contributed by atoms with van der Waals surface area (Å²) in [6.45, 7) is 2.18. The minimum atomic E-state index is -1.10. The first-order valence-corrected chi connectivity index (χ1v) is 11.4. The number of aromatic nitrogens is 1. The molecule has 1 aromatic heterocycles. The number of carbonyl (C=O) groups is 2. The van der Waals surface area contributed by atoms with Gasteiger partial charge < -0.3 is 10.4 Å². The van der Waals surface area contributed by atoms with E-state index in [-0.39, 0.29) is 18.3 Å². The highest BCUT2D eigenvalue weighted by Crippen LogP contribution is 2.35. The lowest BCUT2D eigenvalue weighted by atomic mass is 9.92. The Morgan fingerprint density at radius 3 is 2.15 bits per heavy atom. The van der Waals surface area contributed by atoms with Crippen molar-refractivity contribution in [2.45, 2.75) is 31.7 Å². The zero-order valence-corrected chi connectivity index (χ0v) is 19.1. The van der Waals surface area contributed by atoms with Crippen molar-refractivity contribution in [3.8, 4) is 0 Å². The predicted molar refractivity (Wildman–Crippen MR) is 128 cm³/mol. The van der Waals surface area contributed by atoms with E-state index in [2.05, 4.69) is 10.3 Å². The van der Waals surface area contributed by atoms with E-state index < -0.39 is 17.9 Å². The Morgan fingerprint density at radius 1 is 1.06 bits per heavy atom. The van der Waals surface area contributed by atoms with Gasteiger partial charge in [0, 0.05) is 0 Å². The van der Waals surface area contributed by atoms with Crippen molar-refractivity contribution < 1.29 is 19.7 Å². The SMILES string of the molecule is Cc1nc(C(c2ccccc2)c2ccccc2)sc1C(=O)N[C@@H](CCC[NH+]=C(N)N)C(=O)O. The maximum Gasteiger partial charge on any atom is 0.338 e. The van der Waals surface area contributed by atoms with Crippen LogP contribution in [-0.2, 0) is 4.79 Å². The molecule has 0 fully saturated rings. The second kappa shape index (κ2) is 11.2. The zero-order valence-electron chi connectivity index (χ0n) is 18.3. The number of rotatable bonds is 10. The van der Waals surface area contributed by atoms with E-state index in [4.69, 9.17) is 16.5 Å². The van der Waals surface area contributed by atoms with E-state index >= 15 is 0 Å². The number of aliphatic carboxylic acids is 1. The van der Waals surface area contributed by atoms with E-state index in [1.54, 1.807) is 6.92 Å². The molecular formula is C24H28N5O3S+. The molecule has 8 nitrogen and oxygen atoms in total. The molecule has 0 unspecified atom stereocenters. The zero-order chi connectivity index (χ0) is 23.8. The van der Waals surface area contributed by atoms with Gasteiger partial charge in [-0.25, -0.2) is 9.78 Å². The minimum Gasteiger partial charge on any atom is -0.480 e. The highest BCUT2D eigenvalue weighted by molar-refractivity contribution is 7.14. The topological polar surface area (TPSA) is 145 Å². The van der Waals surface area contributed by atoms with Crippen molar-refractivity contribution in [3.05, 3.63) is 87.4 Å². The van der Waals surface area contributed by atoms with Gasteiger partial charge in [-0.05, 0) is 30.9 Å². The molecule has 0 aliphatic heterocycles. The molecule has 0 aliphatic carbocycles. The molecule has 33 heavy (non-hydrogen) atoms.